The summed E-state index contributed by atoms with van der Waals surface area (Å²) in [6, 6.07) is 0. The third-order valence-electron chi connectivity index (χ3n) is 2.51. The third-order valence-corrected chi connectivity index (χ3v) is 3.12. The summed E-state index contributed by atoms with van der Waals surface area (Å²) in [5, 5.41) is 6.18. The zero-order chi connectivity index (χ0) is 9.73. The van der Waals surface area contributed by atoms with E-state index in [2.05, 4.69) is 10.6 Å². The maximum Gasteiger partial charge on any atom is 0.227 e. The summed E-state index contributed by atoms with van der Waals surface area (Å²) >= 11 is 1.75. The summed E-state index contributed by atoms with van der Waals surface area (Å²) in [6.07, 6.45) is 3.00. The molecule has 1 amide bonds. The first-order valence-corrected chi connectivity index (χ1v) is 6.06. The van der Waals surface area contributed by atoms with Gasteiger partial charge in [-0.1, -0.05) is 0 Å². The van der Waals surface area contributed by atoms with Crippen LogP contribution < -0.4 is 10.6 Å². The van der Waals surface area contributed by atoms with Gasteiger partial charge in [0, 0.05) is 18.8 Å². The molecule has 0 aliphatic carbocycles. The predicted molar refractivity (Wildman–Crippen MR) is 57.0 cm³/mol. The first-order chi connectivity index (χ1) is 6.19. The molecule has 13 heavy (non-hydrogen) atoms. The zero-order valence-electron chi connectivity index (χ0n) is 8.35. The second-order valence-electron chi connectivity index (χ2n) is 3.74. The van der Waals surface area contributed by atoms with Gasteiger partial charge in [-0.25, -0.2) is 0 Å². The summed E-state index contributed by atoms with van der Waals surface area (Å²) in [6.45, 7) is 4.60. The zero-order valence-corrected chi connectivity index (χ0v) is 9.17. The highest BCUT2D eigenvalue weighted by Gasteiger charge is 2.35. The molecule has 1 heterocycles. The van der Waals surface area contributed by atoms with Crippen LogP contribution in [0, 0.1) is 5.41 Å². The number of rotatable bonds is 4. The standard InChI is InChI=1S/C9H18N2OS/c1-9(3-4-10-7-9)8(12)11-5-6-13-2/h10H,3-7H2,1-2H3,(H,11,12). The lowest BCUT2D eigenvalue weighted by Gasteiger charge is -2.21. The first-order valence-electron chi connectivity index (χ1n) is 4.67. The maximum absolute atomic E-state index is 11.7. The van der Waals surface area contributed by atoms with Crippen molar-refractivity contribution in [3.05, 3.63) is 0 Å². The molecule has 1 fully saturated rings. The molecular formula is C9H18N2OS. The molecule has 1 aliphatic heterocycles. The van der Waals surface area contributed by atoms with Crippen molar-refractivity contribution in [2.45, 2.75) is 13.3 Å². The molecule has 0 aromatic heterocycles. The van der Waals surface area contributed by atoms with Crippen LogP contribution in [0.4, 0.5) is 0 Å². The lowest BCUT2D eigenvalue weighted by molar-refractivity contribution is -0.129. The fourth-order valence-corrected chi connectivity index (χ4v) is 1.80. The normalized spacial score (nSPS) is 27.5. The van der Waals surface area contributed by atoms with Crippen molar-refractivity contribution >= 4 is 17.7 Å². The van der Waals surface area contributed by atoms with E-state index in [9.17, 15) is 4.79 Å². The Kier molecular flexibility index (Phi) is 4.06. The van der Waals surface area contributed by atoms with Gasteiger partial charge in [-0.05, 0) is 26.1 Å². The van der Waals surface area contributed by atoms with Gasteiger partial charge >= 0.3 is 0 Å². The molecule has 1 aliphatic rings. The molecule has 1 saturated heterocycles. The van der Waals surface area contributed by atoms with Crippen molar-refractivity contribution in [1.82, 2.24) is 10.6 Å². The van der Waals surface area contributed by atoms with Crippen molar-refractivity contribution < 1.29 is 4.79 Å². The van der Waals surface area contributed by atoms with Crippen molar-refractivity contribution in [3.63, 3.8) is 0 Å². The van der Waals surface area contributed by atoms with Crippen LogP contribution in [0.15, 0.2) is 0 Å². The largest absolute Gasteiger partial charge is 0.355 e. The van der Waals surface area contributed by atoms with E-state index in [-0.39, 0.29) is 11.3 Å². The van der Waals surface area contributed by atoms with Crippen LogP contribution >= 0.6 is 11.8 Å². The molecule has 0 aromatic rings. The fraction of sp³-hybridized carbons (Fsp3) is 0.889. The molecular weight excluding hydrogens is 184 g/mol. The van der Waals surface area contributed by atoms with E-state index in [4.69, 9.17) is 0 Å². The summed E-state index contributed by atoms with van der Waals surface area (Å²) < 4.78 is 0. The molecule has 0 spiro atoms. The number of carbonyl (C=O) groups is 1. The highest BCUT2D eigenvalue weighted by molar-refractivity contribution is 7.98. The van der Waals surface area contributed by atoms with Gasteiger partial charge in [0.15, 0.2) is 0 Å². The van der Waals surface area contributed by atoms with Gasteiger partial charge in [0.2, 0.25) is 5.91 Å². The van der Waals surface area contributed by atoms with E-state index in [1.807, 2.05) is 13.2 Å². The van der Waals surface area contributed by atoms with Crippen molar-refractivity contribution in [1.29, 1.82) is 0 Å². The van der Waals surface area contributed by atoms with E-state index in [1.165, 1.54) is 0 Å². The lowest BCUT2D eigenvalue weighted by Crippen LogP contribution is -2.41. The number of hydrogen-bond donors (Lipinski definition) is 2. The second-order valence-corrected chi connectivity index (χ2v) is 4.72. The molecule has 1 rings (SSSR count). The van der Waals surface area contributed by atoms with E-state index in [0.29, 0.717) is 0 Å². The monoisotopic (exact) mass is 202 g/mol. The Morgan fingerprint density at radius 2 is 2.46 bits per heavy atom. The van der Waals surface area contributed by atoms with Gasteiger partial charge in [-0.15, -0.1) is 0 Å². The summed E-state index contributed by atoms with van der Waals surface area (Å²) in [4.78, 5) is 11.7. The molecule has 1 atom stereocenters. The van der Waals surface area contributed by atoms with Crippen LogP contribution in [-0.4, -0.2) is 37.6 Å². The van der Waals surface area contributed by atoms with E-state index < -0.39 is 0 Å². The van der Waals surface area contributed by atoms with Gasteiger partial charge < -0.3 is 10.6 Å². The second kappa shape index (κ2) is 4.86. The highest BCUT2D eigenvalue weighted by Crippen LogP contribution is 2.24. The predicted octanol–water partition coefficient (Wildman–Crippen LogP) is 0.465. The van der Waals surface area contributed by atoms with E-state index in [0.717, 1.165) is 31.8 Å². The number of nitrogens with one attached hydrogen (secondary N) is 2. The smallest absolute Gasteiger partial charge is 0.227 e. The average molecular weight is 202 g/mol. The van der Waals surface area contributed by atoms with Crippen LogP contribution in [0.1, 0.15) is 13.3 Å². The van der Waals surface area contributed by atoms with Gasteiger partial charge in [-0.3, -0.25) is 4.79 Å². The Labute approximate surface area is 84.0 Å². The first kappa shape index (κ1) is 10.9. The van der Waals surface area contributed by atoms with Gasteiger partial charge in [-0.2, -0.15) is 11.8 Å². The fourth-order valence-electron chi connectivity index (χ4n) is 1.49. The molecule has 1 unspecified atom stereocenters. The van der Waals surface area contributed by atoms with Crippen molar-refractivity contribution in [2.24, 2.45) is 5.41 Å². The molecule has 4 heteroatoms. The van der Waals surface area contributed by atoms with E-state index in [1.54, 1.807) is 11.8 Å². The summed E-state index contributed by atoms with van der Waals surface area (Å²) in [5.41, 5.74) is -0.168. The molecule has 76 valence electrons. The number of thioether (sulfide) groups is 1. The van der Waals surface area contributed by atoms with Crippen LogP contribution in [0.5, 0.6) is 0 Å². The molecule has 0 aromatic carbocycles. The maximum atomic E-state index is 11.7. The highest BCUT2D eigenvalue weighted by atomic mass is 32.2. The molecule has 3 nitrogen and oxygen atoms in total. The Balaban J connectivity index is 2.29. The van der Waals surface area contributed by atoms with Gasteiger partial charge in [0.05, 0.1) is 5.41 Å². The quantitative estimate of drug-likeness (QED) is 0.651. The third kappa shape index (κ3) is 2.88. The Bertz CT molecular complexity index is 178. The van der Waals surface area contributed by atoms with Crippen LogP contribution in [-0.2, 0) is 4.79 Å². The van der Waals surface area contributed by atoms with Gasteiger partial charge in [0.25, 0.3) is 0 Å². The molecule has 2 N–H and O–H groups in total. The summed E-state index contributed by atoms with van der Waals surface area (Å²) in [7, 11) is 0. The van der Waals surface area contributed by atoms with Gasteiger partial charge in [0.1, 0.15) is 0 Å². The molecule has 0 radical (unpaired) electrons. The van der Waals surface area contributed by atoms with Crippen LogP contribution in [0.2, 0.25) is 0 Å². The summed E-state index contributed by atoms with van der Waals surface area (Å²) in [5.74, 6) is 1.20. The minimum absolute atomic E-state index is 0.168. The number of hydrogen-bond acceptors (Lipinski definition) is 3. The minimum atomic E-state index is -0.168. The topological polar surface area (TPSA) is 41.1 Å². The number of carbonyl (C=O) groups excluding carboxylic acids is 1. The van der Waals surface area contributed by atoms with Crippen molar-refractivity contribution in [2.75, 3.05) is 31.6 Å². The minimum Gasteiger partial charge on any atom is -0.355 e. The molecule has 0 bridgehead atoms. The molecule has 0 saturated carbocycles. The van der Waals surface area contributed by atoms with Crippen molar-refractivity contribution in [3.8, 4) is 0 Å². The Morgan fingerprint density at radius 1 is 1.69 bits per heavy atom. The number of amides is 1. The Hall–Kier alpha value is -0.220. The SMILES string of the molecule is CSCCNC(=O)C1(C)CCNC1. The van der Waals surface area contributed by atoms with E-state index >= 15 is 0 Å². The Morgan fingerprint density at radius 3 is 3.00 bits per heavy atom. The van der Waals surface area contributed by atoms with Crippen LogP contribution in [0.25, 0.3) is 0 Å². The average Bonchev–Trinajstić information content (AvgIpc) is 2.54. The van der Waals surface area contributed by atoms with Crippen LogP contribution in [0.3, 0.4) is 0 Å². The lowest BCUT2D eigenvalue weighted by atomic mass is 9.89.